The Balaban J connectivity index is 1.90. The number of nitrogens with one attached hydrogen (secondary N) is 1. The third-order valence-corrected chi connectivity index (χ3v) is 4.90. The maximum atomic E-state index is 11.6. The minimum absolute atomic E-state index is 0.117. The van der Waals surface area contributed by atoms with Crippen LogP contribution in [0.3, 0.4) is 0 Å². The molecule has 0 atom stereocenters. The number of hydrogen-bond donors (Lipinski definition) is 1. The molecule has 128 valence electrons. The van der Waals surface area contributed by atoms with Crippen LogP contribution >= 0.6 is 11.3 Å². The molecule has 0 aliphatic carbocycles. The summed E-state index contributed by atoms with van der Waals surface area (Å²) in [6.07, 6.45) is 4.88. The third kappa shape index (κ3) is 3.44. The first kappa shape index (κ1) is 16.5. The van der Waals surface area contributed by atoms with Gasteiger partial charge >= 0.3 is 5.69 Å². The van der Waals surface area contributed by atoms with Crippen molar-refractivity contribution in [2.45, 2.75) is 18.9 Å². The van der Waals surface area contributed by atoms with Gasteiger partial charge in [0.1, 0.15) is 6.33 Å². The molecule has 1 fully saturated rings. The minimum Gasteiger partial charge on any atom is -0.351 e. The summed E-state index contributed by atoms with van der Waals surface area (Å²) in [5, 5.41) is 16.9. The second-order valence-corrected chi connectivity index (χ2v) is 6.65. The standard InChI is InChI=1S/C14H19N7O2S/c1-19-6-3-10(4-7-19)20(2)13-11(21(22)23)12(16-9-17-13)18-14-15-5-8-24-14/h5,8-10H,3-4,6-7H2,1-2H3,(H,15,16,17,18). The van der Waals surface area contributed by atoms with E-state index in [1.165, 1.54) is 17.7 Å². The first-order valence-electron chi connectivity index (χ1n) is 7.63. The van der Waals surface area contributed by atoms with E-state index in [4.69, 9.17) is 0 Å². The fraction of sp³-hybridized carbons (Fsp3) is 0.500. The fourth-order valence-electron chi connectivity index (χ4n) is 2.83. The lowest BCUT2D eigenvalue weighted by Gasteiger charge is -2.35. The monoisotopic (exact) mass is 349 g/mol. The van der Waals surface area contributed by atoms with Crippen LogP contribution in [0.1, 0.15) is 12.8 Å². The smallest absolute Gasteiger partial charge is 0.351 e. The molecule has 3 rings (SSSR count). The maximum absolute atomic E-state index is 11.6. The van der Waals surface area contributed by atoms with E-state index in [9.17, 15) is 10.1 Å². The molecule has 2 aromatic rings. The first-order valence-corrected chi connectivity index (χ1v) is 8.51. The van der Waals surface area contributed by atoms with Crippen LogP contribution in [-0.4, -0.2) is 58.0 Å². The highest BCUT2D eigenvalue weighted by Gasteiger charge is 2.30. The molecule has 0 amide bonds. The van der Waals surface area contributed by atoms with Crippen molar-refractivity contribution in [3.8, 4) is 0 Å². The van der Waals surface area contributed by atoms with Gasteiger partial charge in [0.25, 0.3) is 0 Å². The van der Waals surface area contributed by atoms with Gasteiger partial charge in [0.05, 0.1) is 4.92 Å². The number of thiazole rings is 1. The summed E-state index contributed by atoms with van der Waals surface area (Å²) >= 11 is 1.36. The summed E-state index contributed by atoms with van der Waals surface area (Å²) in [5.41, 5.74) is -0.117. The van der Waals surface area contributed by atoms with Crippen LogP contribution in [0.15, 0.2) is 17.9 Å². The number of hydrogen-bond acceptors (Lipinski definition) is 9. The van der Waals surface area contributed by atoms with Crippen LogP contribution in [0, 0.1) is 10.1 Å². The number of piperidine rings is 1. The van der Waals surface area contributed by atoms with E-state index in [2.05, 4.69) is 32.2 Å². The third-order valence-electron chi connectivity index (χ3n) is 4.21. The predicted molar refractivity (Wildman–Crippen MR) is 93.0 cm³/mol. The van der Waals surface area contributed by atoms with Gasteiger partial charge in [0.15, 0.2) is 5.13 Å². The highest BCUT2D eigenvalue weighted by molar-refractivity contribution is 7.13. The maximum Gasteiger partial charge on any atom is 0.353 e. The molecule has 9 nitrogen and oxygen atoms in total. The van der Waals surface area contributed by atoms with Crippen molar-refractivity contribution >= 4 is 33.8 Å². The Hall–Kier alpha value is -2.33. The van der Waals surface area contributed by atoms with E-state index in [1.54, 1.807) is 11.6 Å². The van der Waals surface area contributed by atoms with Gasteiger partial charge in [-0.1, -0.05) is 0 Å². The van der Waals surface area contributed by atoms with Crippen molar-refractivity contribution in [1.82, 2.24) is 19.9 Å². The molecule has 0 unspecified atom stereocenters. The van der Waals surface area contributed by atoms with E-state index < -0.39 is 4.92 Å². The molecule has 0 saturated carbocycles. The van der Waals surface area contributed by atoms with Gasteiger partial charge < -0.3 is 15.1 Å². The SMILES string of the molecule is CN1CCC(N(C)c2ncnc(Nc3nccs3)c2[N+](=O)[O-])CC1. The summed E-state index contributed by atoms with van der Waals surface area (Å²) in [4.78, 5) is 27.7. The molecule has 1 aliphatic heterocycles. The molecule has 3 heterocycles. The molecule has 0 aromatic carbocycles. The second-order valence-electron chi connectivity index (χ2n) is 5.76. The van der Waals surface area contributed by atoms with Crippen molar-refractivity contribution in [3.63, 3.8) is 0 Å². The van der Waals surface area contributed by atoms with Crippen LogP contribution in [0.4, 0.5) is 22.5 Å². The number of rotatable bonds is 5. The number of nitrogens with zero attached hydrogens (tertiary/aromatic N) is 6. The van der Waals surface area contributed by atoms with Crippen LogP contribution in [0.5, 0.6) is 0 Å². The lowest BCUT2D eigenvalue weighted by molar-refractivity contribution is -0.383. The molecule has 24 heavy (non-hydrogen) atoms. The van der Waals surface area contributed by atoms with E-state index in [0.717, 1.165) is 25.9 Å². The molecule has 0 radical (unpaired) electrons. The van der Waals surface area contributed by atoms with Gasteiger partial charge in [-0.25, -0.2) is 15.0 Å². The Morgan fingerprint density at radius 3 is 2.75 bits per heavy atom. The molecule has 0 spiro atoms. The molecule has 0 bridgehead atoms. The summed E-state index contributed by atoms with van der Waals surface area (Å²) < 4.78 is 0. The lowest BCUT2D eigenvalue weighted by atomic mass is 10.0. The van der Waals surface area contributed by atoms with E-state index in [-0.39, 0.29) is 17.5 Å². The number of nitro groups is 1. The zero-order valence-electron chi connectivity index (χ0n) is 13.5. The van der Waals surface area contributed by atoms with Crippen LogP contribution in [0.2, 0.25) is 0 Å². The van der Waals surface area contributed by atoms with Crippen molar-refractivity contribution in [1.29, 1.82) is 0 Å². The number of likely N-dealkylation sites (tertiary alicyclic amines) is 1. The van der Waals surface area contributed by atoms with Crippen LogP contribution in [0.25, 0.3) is 0 Å². The molecular formula is C14H19N7O2S. The largest absolute Gasteiger partial charge is 0.353 e. The minimum atomic E-state index is -0.434. The quantitative estimate of drug-likeness (QED) is 0.647. The number of aromatic nitrogens is 3. The molecule has 1 saturated heterocycles. The summed E-state index contributed by atoms with van der Waals surface area (Å²) in [5.74, 6) is 0.503. The normalized spacial score (nSPS) is 16.1. The van der Waals surface area contributed by atoms with Gasteiger partial charge in [-0.3, -0.25) is 10.1 Å². The number of anilines is 3. The Morgan fingerprint density at radius 2 is 2.12 bits per heavy atom. The van der Waals surface area contributed by atoms with Crippen LogP contribution < -0.4 is 10.2 Å². The molecule has 10 heteroatoms. The molecule has 1 aliphatic rings. The van der Waals surface area contributed by atoms with Crippen molar-refractivity contribution in [2.75, 3.05) is 37.4 Å². The topological polar surface area (TPSA) is 100 Å². The molecule has 2 aromatic heterocycles. The summed E-state index contributed by atoms with van der Waals surface area (Å²) in [6.45, 7) is 1.94. The van der Waals surface area contributed by atoms with Crippen molar-refractivity contribution in [3.05, 3.63) is 28.0 Å². The van der Waals surface area contributed by atoms with Crippen LogP contribution in [-0.2, 0) is 0 Å². The van der Waals surface area contributed by atoms with Gasteiger partial charge in [0, 0.05) is 24.7 Å². The Morgan fingerprint density at radius 1 is 1.38 bits per heavy atom. The van der Waals surface area contributed by atoms with Gasteiger partial charge in [-0.05, 0) is 33.0 Å². The van der Waals surface area contributed by atoms with Gasteiger partial charge in [-0.15, -0.1) is 11.3 Å². The summed E-state index contributed by atoms with van der Waals surface area (Å²) in [7, 11) is 3.94. The second kappa shape index (κ2) is 7.05. The lowest BCUT2D eigenvalue weighted by Crippen LogP contribution is -2.42. The highest BCUT2D eigenvalue weighted by Crippen LogP contribution is 2.35. The molecular weight excluding hydrogens is 330 g/mol. The van der Waals surface area contributed by atoms with E-state index in [0.29, 0.717) is 10.9 Å². The Bertz CT molecular complexity index is 701. The Kier molecular flexibility index (Phi) is 4.86. The average Bonchev–Trinajstić information content (AvgIpc) is 3.07. The zero-order valence-corrected chi connectivity index (χ0v) is 14.4. The van der Waals surface area contributed by atoms with Crippen molar-refractivity contribution in [2.24, 2.45) is 0 Å². The van der Waals surface area contributed by atoms with Crippen molar-refractivity contribution < 1.29 is 4.92 Å². The van der Waals surface area contributed by atoms with E-state index in [1.807, 2.05) is 11.9 Å². The zero-order chi connectivity index (χ0) is 17.1. The predicted octanol–water partition coefficient (Wildman–Crippen LogP) is 2.12. The van der Waals surface area contributed by atoms with Gasteiger partial charge in [0.2, 0.25) is 11.6 Å². The highest BCUT2D eigenvalue weighted by atomic mass is 32.1. The summed E-state index contributed by atoms with van der Waals surface area (Å²) in [6, 6.07) is 0.225. The Labute approximate surface area is 143 Å². The van der Waals surface area contributed by atoms with Gasteiger partial charge in [-0.2, -0.15) is 0 Å². The van der Waals surface area contributed by atoms with E-state index >= 15 is 0 Å². The average molecular weight is 349 g/mol. The first-order chi connectivity index (χ1) is 11.6. The molecule has 1 N–H and O–H groups in total. The fourth-order valence-corrected chi connectivity index (χ4v) is 3.36.